The fourth-order valence-corrected chi connectivity index (χ4v) is 5.25. The maximum absolute atomic E-state index is 13.5. The van der Waals surface area contributed by atoms with Crippen molar-refractivity contribution in [2.24, 2.45) is 0 Å². The van der Waals surface area contributed by atoms with Gasteiger partial charge in [-0.2, -0.15) is 10.2 Å². The molecule has 216 valence electrons. The Morgan fingerprint density at radius 2 is 1.98 bits per heavy atom. The number of carbonyl (C=O) groups is 1. The van der Waals surface area contributed by atoms with Crippen LogP contribution in [0.25, 0.3) is 17.0 Å². The molecule has 1 amide bonds. The van der Waals surface area contributed by atoms with Gasteiger partial charge in [-0.05, 0) is 51.2 Å². The van der Waals surface area contributed by atoms with Crippen LogP contribution in [0.4, 0.5) is 16.0 Å². The molecule has 42 heavy (non-hydrogen) atoms. The van der Waals surface area contributed by atoms with E-state index in [2.05, 4.69) is 40.9 Å². The Kier molecular flexibility index (Phi) is 7.29. The van der Waals surface area contributed by atoms with Gasteiger partial charge in [0.1, 0.15) is 11.4 Å². The Balaban J connectivity index is 1.14. The smallest absolute Gasteiger partial charge is 0.252 e. The van der Waals surface area contributed by atoms with Gasteiger partial charge in [-0.25, -0.2) is 34.0 Å². The molecule has 1 aliphatic carbocycles. The number of H-pyrrole nitrogens is 1. The van der Waals surface area contributed by atoms with Crippen molar-refractivity contribution in [3.05, 3.63) is 72.1 Å². The minimum Gasteiger partial charge on any atom is -0.368 e. The number of methoxy groups -OCH3 is 1. The Bertz CT molecular complexity index is 1710. The van der Waals surface area contributed by atoms with E-state index < -0.39 is 11.4 Å². The van der Waals surface area contributed by atoms with Crippen molar-refractivity contribution in [1.29, 1.82) is 0 Å². The third-order valence-corrected chi connectivity index (χ3v) is 7.67. The van der Waals surface area contributed by atoms with Crippen molar-refractivity contribution < 1.29 is 13.9 Å². The molecule has 13 nitrogen and oxygen atoms in total. The van der Waals surface area contributed by atoms with Crippen molar-refractivity contribution in [2.45, 2.75) is 57.1 Å². The number of carbonyl (C=O) groups excluding carboxylic acids is 1. The first-order valence-corrected chi connectivity index (χ1v) is 13.6. The molecule has 5 heterocycles. The van der Waals surface area contributed by atoms with Gasteiger partial charge in [-0.15, -0.1) is 0 Å². The van der Waals surface area contributed by atoms with Crippen LogP contribution in [0, 0.1) is 12.7 Å². The van der Waals surface area contributed by atoms with E-state index in [0.717, 1.165) is 17.5 Å². The van der Waals surface area contributed by atoms with E-state index in [0.29, 0.717) is 60.1 Å². The molecule has 14 heteroatoms. The van der Waals surface area contributed by atoms with E-state index in [4.69, 9.17) is 14.7 Å². The highest BCUT2D eigenvalue weighted by Gasteiger charge is 2.43. The molecule has 3 N–H and O–H groups in total. The zero-order valence-electron chi connectivity index (χ0n) is 23.4. The number of aromatic nitrogens is 9. The van der Waals surface area contributed by atoms with Crippen molar-refractivity contribution >= 4 is 28.7 Å². The Morgan fingerprint density at radius 1 is 1.17 bits per heavy atom. The zero-order valence-corrected chi connectivity index (χ0v) is 23.4. The molecule has 0 aromatic carbocycles. The summed E-state index contributed by atoms with van der Waals surface area (Å²) in [4.78, 5) is 36.2. The van der Waals surface area contributed by atoms with Gasteiger partial charge in [0.15, 0.2) is 34.4 Å². The lowest BCUT2D eigenvalue weighted by Gasteiger charge is -2.38. The van der Waals surface area contributed by atoms with Crippen LogP contribution in [-0.4, -0.2) is 63.5 Å². The number of aromatic amines is 1. The van der Waals surface area contributed by atoms with Crippen LogP contribution in [0.3, 0.4) is 0 Å². The summed E-state index contributed by atoms with van der Waals surface area (Å²) in [6, 6.07) is 5.12. The van der Waals surface area contributed by atoms with Crippen LogP contribution < -0.4 is 10.6 Å². The molecule has 0 aliphatic heterocycles. The highest BCUT2D eigenvalue weighted by Crippen LogP contribution is 2.40. The van der Waals surface area contributed by atoms with E-state index in [1.807, 2.05) is 26.0 Å². The minimum absolute atomic E-state index is 0.00949. The number of fused-ring (bicyclic) bond motifs is 1. The normalized spacial score (nSPS) is 19.5. The van der Waals surface area contributed by atoms with Crippen LogP contribution in [-0.2, 0) is 9.53 Å². The summed E-state index contributed by atoms with van der Waals surface area (Å²) < 4.78 is 20.5. The molecule has 0 saturated heterocycles. The van der Waals surface area contributed by atoms with E-state index in [-0.39, 0.29) is 17.9 Å². The molecule has 0 spiro atoms. The van der Waals surface area contributed by atoms with E-state index in [1.165, 1.54) is 10.9 Å². The first kappa shape index (κ1) is 27.3. The lowest BCUT2D eigenvalue weighted by Crippen LogP contribution is -2.50. The highest BCUT2D eigenvalue weighted by atomic mass is 19.1. The first-order valence-electron chi connectivity index (χ1n) is 13.6. The molecular weight excluding hydrogens is 541 g/mol. The molecule has 0 bridgehead atoms. The number of nitrogens with one attached hydrogen (secondary N) is 3. The largest absolute Gasteiger partial charge is 0.368 e. The average molecular weight is 572 g/mol. The standard InChI is InChI=1S/C28H30FN11O2/c1-16-12-21(39-38-16)35-26-23-25(31-11-10-30-23)36-24(37-26)18-6-8-28(42-3,9-7-18)27(41)34-17(2)19-4-5-22(32-13-19)40-15-20(29)14-33-40/h4-5,10-15,17-18H,6-9H2,1-3H3,(H,34,41)(H2,31,35,36,37,38,39)/t17-,18-,28+/m0/s1. The summed E-state index contributed by atoms with van der Waals surface area (Å²) in [5.41, 5.74) is 1.78. The van der Waals surface area contributed by atoms with Crippen molar-refractivity contribution in [1.82, 2.24) is 50.2 Å². The van der Waals surface area contributed by atoms with Gasteiger partial charge in [-0.1, -0.05) is 6.07 Å². The van der Waals surface area contributed by atoms with Gasteiger partial charge in [0.2, 0.25) is 0 Å². The quantitative estimate of drug-likeness (QED) is 0.250. The number of rotatable bonds is 8. The molecule has 6 rings (SSSR count). The second-order valence-electron chi connectivity index (χ2n) is 10.4. The zero-order chi connectivity index (χ0) is 29.3. The molecule has 0 unspecified atom stereocenters. The predicted molar refractivity (Wildman–Crippen MR) is 151 cm³/mol. The molecule has 0 radical (unpaired) electrons. The van der Waals surface area contributed by atoms with Crippen LogP contribution in [0.2, 0.25) is 0 Å². The Hall–Kier alpha value is -4.85. The maximum atomic E-state index is 13.5. The number of hydrogen-bond acceptors (Lipinski definition) is 10. The third kappa shape index (κ3) is 5.40. The first-order chi connectivity index (χ1) is 20.3. The summed E-state index contributed by atoms with van der Waals surface area (Å²) >= 11 is 0. The van der Waals surface area contributed by atoms with E-state index in [9.17, 15) is 9.18 Å². The Labute approximate surface area is 240 Å². The minimum atomic E-state index is -0.977. The van der Waals surface area contributed by atoms with Crippen molar-refractivity contribution in [2.75, 3.05) is 12.4 Å². The van der Waals surface area contributed by atoms with E-state index >= 15 is 0 Å². The summed E-state index contributed by atoms with van der Waals surface area (Å²) in [5, 5.41) is 17.4. The third-order valence-electron chi connectivity index (χ3n) is 7.67. The van der Waals surface area contributed by atoms with Gasteiger partial charge in [0.25, 0.3) is 5.91 Å². The van der Waals surface area contributed by atoms with Crippen LogP contribution in [0.1, 0.15) is 61.6 Å². The predicted octanol–water partition coefficient (Wildman–Crippen LogP) is 3.83. The number of halogens is 1. The summed E-state index contributed by atoms with van der Waals surface area (Å²) in [6.45, 7) is 3.80. The maximum Gasteiger partial charge on any atom is 0.252 e. The number of ether oxygens (including phenoxy) is 1. The van der Waals surface area contributed by atoms with Crippen LogP contribution in [0.5, 0.6) is 0 Å². The van der Waals surface area contributed by atoms with Gasteiger partial charge >= 0.3 is 0 Å². The van der Waals surface area contributed by atoms with Gasteiger partial charge in [0.05, 0.1) is 18.4 Å². The van der Waals surface area contributed by atoms with Gasteiger partial charge in [0, 0.05) is 43.4 Å². The second-order valence-corrected chi connectivity index (χ2v) is 10.4. The Morgan fingerprint density at radius 3 is 2.64 bits per heavy atom. The van der Waals surface area contributed by atoms with Gasteiger partial charge in [-0.3, -0.25) is 9.89 Å². The molecule has 1 atom stereocenters. The molecule has 5 aromatic rings. The molecule has 1 fully saturated rings. The molecule has 1 saturated carbocycles. The number of pyridine rings is 1. The van der Waals surface area contributed by atoms with E-state index in [1.54, 1.807) is 31.8 Å². The number of hydrogen-bond donors (Lipinski definition) is 3. The lowest BCUT2D eigenvalue weighted by molar-refractivity contribution is -0.148. The fourth-order valence-electron chi connectivity index (χ4n) is 5.25. The molecular formula is C28H30FN11O2. The average Bonchev–Trinajstić information content (AvgIpc) is 3.64. The summed E-state index contributed by atoms with van der Waals surface area (Å²) in [7, 11) is 1.57. The number of nitrogens with zero attached hydrogens (tertiary/aromatic N) is 8. The monoisotopic (exact) mass is 571 g/mol. The second kappa shape index (κ2) is 11.2. The van der Waals surface area contributed by atoms with Crippen molar-refractivity contribution in [3.8, 4) is 5.82 Å². The highest BCUT2D eigenvalue weighted by molar-refractivity contribution is 5.86. The van der Waals surface area contributed by atoms with Crippen LogP contribution >= 0.6 is 0 Å². The van der Waals surface area contributed by atoms with Crippen molar-refractivity contribution in [3.63, 3.8) is 0 Å². The van der Waals surface area contributed by atoms with Crippen LogP contribution in [0.15, 0.2) is 49.2 Å². The SMILES string of the molecule is CO[C@]1(C(=O)N[C@@H](C)c2ccc(-n3cc(F)cn3)nc2)CC[C@H](c2nc(Nc3cc(C)[nH]n3)c3nccnc3n2)CC1. The molecule has 1 aliphatic rings. The van der Waals surface area contributed by atoms with Gasteiger partial charge < -0.3 is 15.4 Å². The summed E-state index contributed by atoms with van der Waals surface area (Å²) in [5.74, 6) is 1.65. The fraction of sp³-hybridized carbons (Fsp3) is 0.357. The molecule has 5 aromatic heterocycles. The number of anilines is 2. The number of amides is 1. The summed E-state index contributed by atoms with van der Waals surface area (Å²) in [6.07, 6.45) is 9.52. The number of aryl methyl sites for hydroxylation is 1. The topological polar surface area (TPSA) is 161 Å². The lowest BCUT2D eigenvalue weighted by atomic mass is 9.77.